The largest absolute Gasteiger partial charge is 0.383 e. The standard InChI is InChI=1S/C12H8Cl2FN3O/c13-8-2-1-3-9(10(8)14)18-12(19)7-4-6(15)5-17-11(7)16/h1-5H,(H2,16,17)(H,18,19). The summed E-state index contributed by atoms with van der Waals surface area (Å²) in [6, 6.07) is 5.76. The number of nitrogens with two attached hydrogens (primary N) is 1. The van der Waals surface area contributed by atoms with Gasteiger partial charge in [-0.2, -0.15) is 0 Å². The van der Waals surface area contributed by atoms with Gasteiger partial charge < -0.3 is 11.1 Å². The van der Waals surface area contributed by atoms with Crippen molar-refractivity contribution in [2.75, 3.05) is 11.1 Å². The number of nitrogen functional groups attached to an aromatic ring is 1. The Morgan fingerprint density at radius 2 is 2.11 bits per heavy atom. The molecule has 0 radical (unpaired) electrons. The molecule has 1 heterocycles. The molecule has 19 heavy (non-hydrogen) atoms. The number of hydrogen-bond donors (Lipinski definition) is 2. The van der Waals surface area contributed by atoms with E-state index in [9.17, 15) is 9.18 Å². The number of carbonyl (C=O) groups is 1. The second kappa shape index (κ2) is 5.42. The van der Waals surface area contributed by atoms with Crippen molar-refractivity contribution >= 4 is 40.6 Å². The molecule has 0 aliphatic rings. The molecule has 1 aromatic heterocycles. The van der Waals surface area contributed by atoms with Gasteiger partial charge in [0.2, 0.25) is 0 Å². The number of benzene rings is 1. The molecule has 0 spiro atoms. The van der Waals surface area contributed by atoms with Crippen LogP contribution in [0, 0.1) is 5.82 Å². The number of anilines is 2. The minimum atomic E-state index is -0.656. The third-order valence-corrected chi connectivity index (χ3v) is 3.15. The van der Waals surface area contributed by atoms with E-state index in [1.165, 1.54) is 0 Å². The summed E-state index contributed by atoms with van der Waals surface area (Å²) in [6.45, 7) is 0. The molecule has 1 amide bonds. The first-order valence-electron chi connectivity index (χ1n) is 5.15. The number of halogens is 3. The molecule has 0 saturated heterocycles. The molecule has 3 N–H and O–H groups in total. The number of aromatic nitrogens is 1. The summed E-state index contributed by atoms with van der Waals surface area (Å²) in [7, 11) is 0. The molecule has 2 rings (SSSR count). The number of nitrogens with zero attached hydrogens (tertiary/aromatic N) is 1. The number of hydrogen-bond acceptors (Lipinski definition) is 3. The highest BCUT2D eigenvalue weighted by molar-refractivity contribution is 6.44. The maximum atomic E-state index is 13.0. The summed E-state index contributed by atoms with van der Waals surface area (Å²) in [5, 5.41) is 2.98. The van der Waals surface area contributed by atoms with Crippen molar-refractivity contribution in [2.24, 2.45) is 0 Å². The van der Waals surface area contributed by atoms with Crippen molar-refractivity contribution in [2.45, 2.75) is 0 Å². The Hall–Kier alpha value is -1.85. The zero-order chi connectivity index (χ0) is 14.0. The molecule has 0 unspecified atom stereocenters. The van der Waals surface area contributed by atoms with Crippen LogP contribution in [0.2, 0.25) is 10.0 Å². The molecule has 98 valence electrons. The summed E-state index contributed by atoms with van der Waals surface area (Å²) in [4.78, 5) is 15.5. The number of pyridine rings is 1. The third kappa shape index (κ3) is 2.94. The van der Waals surface area contributed by atoms with E-state index < -0.39 is 11.7 Å². The normalized spacial score (nSPS) is 10.3. The van der Waals surface area contributed by atoms with Gasteiger partial charge in [-0.3, -0.25) is 4.79 Å². The van der Waals surface area contributed by atoms with Crippen LogP contribution in [-0.2, 0) is 0 Å². The summed E-state index contributed by atoms with van der Waals surface area (Å²) in [5.74, 6) is -1.35. The van der Waals surface area contributed by atoms with Crippen LogP contribution in [0.3, 0.4) is 0 Å². The van der Waals surface area contributed by atoms with Crippen LogP contribution < -0.4 is 11.1 Å². The van der Waals surface area contributed by atoms with Crippen LogP contribution in [0.25, 0.3) is 0 Å². The molecule has 4 nitrogen and oxygen atoms in total. The summed E-state index contributed by atoms with van der Waals surface area (Å²) in [5.41, 5.74) is 5.75. The Kier molecular flexibility index (Phi) is 3.87. The molecule has 2 aromatic rings. The molecule has 1 aromatic carbocycles. The number of nitrogens with one attached hydrogen (secondary N) is 1. The maximum Gasteiger partial charge on any atom is 0.259 e. The van der Waals surface area contributed by atoms with Crippen molar-refractivity contribution < 1.29 is 9.18 Å². The fraction of sp³-hybridized carbons (Fsp3) is 0. The highest BCUT2D eigenvalue weighted by atomic mass is 35.5. The van der Waals surface area contributed by atoms with Gasteiger partial charge in [-0.25, -0.2) is 9.37 Å². The van der Waals surface area contributed by atoms with Crippen LogP contribution in [0.5, 0.6) is 0 Å². The van der Waals surface area contributed by atoms with E-state index in [2.05, 4.69) is 10.3 Å². The molecule has 0 atom stereocenters. The lowest BCUT2D eigenvalue weighted by Crippen LogP contribution is -2.15. The lowest BCUT2D eigenvalue weighted by molar-refractivity contribution is 0.102. The molecule has 0 fully saturated rings. The number of amides is 1. The Morgan fingerprint density at radius 1 is 1.37 bits per heavy atom. The summed E-state index contributed by atoms with van der Waals surface area (Å²) >= 11 is 11.7. The highest BCUT2D eigenvalue weighted by Gasteiger charge is 2.14. The van der Waals surface area contributed by atoms with Gasteiger partial charge in [0.05, 0.1) is 27.5 Å². The highest BCUT2D eigenvalue weighted by Crippen LogP contribution is 2.30. The lowest BCUT2D eigenvalue weighted by Gasteiger charge is -2.09. The SMILES string of the molecule is Nc1ncc(F)cc1C(=O)Nc1cccc(Cl)c1Cl. The van der Waals surface area contributed by atoms with E-state index in [0.717, 1.165) is 12.3 Å². The molecule has 0 saturated carbocycles. The first-order chi connectivity index (χ1) is 8.99. The van der Waals surface area contributed by atoms with Crippen molar-refractivity contribution in [3.05, 3.63) is 51.9 Å². The predicted octanol–water partition coefficient (Wildman–Crippen LogP) is 3.36. The average molecular weight is 300 g/mol. The van der Waals surface area contributed by atoms with E-state index in [-0.39, 0.29) is 16.4 Å². The van der Waals surface area contributed by atoms with Crippen LogP contribution >= 0.6 is 23.2 Å². The Labute approximate surface area is 118 Å². The van der Waals surface area contributed by atoms with Gasteiger partial charge in [0.25, 0.3) is 5.91 Å². The molecular formula is C12H8Cl2FN3O. The van der Waals surface area contributed by atoms with E-state index in [4.69, 9.17) is 28.9 Å². The molecule has 7 heteroatoms. The van der Waals surface area contributed by atoms with Gasteiger partial charge in [0.15, 0.2) is 0 Å². The number of rotatable bonds is 2. The van der Waals surface area contributed by atoms with Crippen LogP contribution in [-0.4, -0.2) is 10.9 Å². The molecule has 0 aliphatic heterocycles. The van der Waals surface area contributed by atoms with Gasteiger partial charge in [-0.05, 0) is 18.2 Å². The first-order valence-corrected chi connectivity index (χ1v) is 5.91. The predicted molar refractivity (Wildman–Crippen MR) is 73.0 cm³/mol. The fourth-order valence-corrected chi connectivity index (χ4v) is 1.77. The first kappa shape index (κ1) is 13.6. The molecular weight excluding hydrogens is 292 g/mol. The lowest BCUT2D eigenvalue weighted by atomic mass is 10.2. The van der Waals surface area contributed by atoms with Crippen LogP contribution in [0.1, 0.15) is 10.4 Å². The van der Waals surface area contributed by atoms with E-state index in [1.54, 1.807) is 18.2 Å². The van der Waals surface area contributed by atoms with Crippen molar-refractivity contribution in [3.8, 4) is 0 Å². The monoisotopic (exact) mass is 299 g/mol. The minimum absolute atomic E-state index is 0.0722. The summed E-state index contributed by atoms with van der Waals surface area (Å²) in [6.07, 6.45) is 0.929. The van der Waals surface area contributed by atoms with Crippen LogP contribution in [0.4, 0.5) is 15.9 Å². The second-order valence-corrected chi connectivity index (χ2v) is 4.43. The van der Waals surface area contributed by atoms with E-state index in [1.807, 2.05) is 0 Å². The Balaban J connectivity index is 2.31. The van der Waals surface area contributed by atoms with Crippen molar-refractivity contribution in [3.63, 3.8) is 0 Å². The van der Waals surface area contributed by atoms with Gasteiger partial charge in [-0.15, -0.1) is 0 Å². The van der Waals surface area contributed by atoms with Gasteiger partial charge >= 0.3 is 0 Å². The fourth-order valence-electron chi connectivity index (χ4n) is 1.42. The topological polar surface area (TPSA) is 68.0 Å². The van der Waals surface area contributed by atoms with E-state index in [0.29, 0.717) is 10.7 Å². The quantitative estimate of drug-likeness (QED) is 0.893. The van der Waals surface area contributed by atoms with Crippen molar-refractivity contribution in [1.82, 2.24) is 4.98 Å². The zero-order valence-electron chi connectivity index (χ0n) is 9.45. The second-order valence-electron chi connectivity index (χ2n) is 3.64. The average Bonchev–Trinajstić information content (AvgIpc) is 2.38. The Bertz CT molecular complexity index is 649. The Morgan fingerprint density at radius 3 is 2.84 bits per heavy atom. The minimum Gasteiger partial charge on any atom is -0.383 e. The van der Waals surface area contributed by atoms with E-state index >= 15 is 0 Å². The number of carbonyl (C=O) groups excluding carboxylic acids is 1. The van der Waals surface area contributed by atoms with Gasteiger partial charge in [-0.1, -0.05) is 29.3 Å². The van der Waals surface area contributed by atoms with Gasteiger partial charge in [0, 0.05) is 0 Å². The molecule has 0 aliphatic carbocycles. The zero-order valence-corrected chi connectivity index (χ0v) is 11.0. The maximum absolute atomic E-state index is 13.0. The molecule has 0 bridgehead atoms. The third-order valence-electron chi connectivity index (χ3n) is 2.33. The van der Waals surface area contributed by atoms with Gasteiger partial charge in [0.1, 0.15) is 11.6 Å². The summed E-state index contributed by atoms with van der Waals surface area (Å²) < 4.78 is 13.0. The smallest absolute Gasteiger partial charge is 0.259 e. The van der Waals surface area contributed by atoms with Crippen molar-refractivity contribution in [1.29, 1.82) is 0 Å². The van der Waals surface area contributed by atoms with Crippen LogP contribution in [0.15, 0.2) is 30.5 Å².